The second-order valence-electron chi connectivity index (χ2n) is 10.6. The van der Waals surface area contributed by atoms with E-state index in [1.807, 2.05) is 91.9 Å². The van der Waals surface area contributed by atoms with Crippen molar-refractivity contribution in [2.75, 3.05) is 12.0 Å². The number of rotatable bonds is 7. The van der Waals surface area contributed by atoms with E-state index >= 15 is 0 Å². The van der Waals surface area contributed by atoms with E-state index in [-0.39, 0.29) is 18.1 Å². The Kier molecular flexibility index (Phi) is 7.69. The van der Waals surface area contributed by atoms with E-state index in [1.165, 1.54) is 7.11 Å². The molecule has 8 heteroatoms. The van der Waals surface area contributed by atoms with Crippen LogP contribution in [-0.2, 0) is 4.74 Å². The SMILES string of the molecule is COC(=O)c1cccc(-n2c(C)cc([C@@H]3[C@H](c4ccccn4)NC(=S)N3c3ccc(Oc4ccccc4C)cc3)c2C)c1. The molecule has 6 rings (SSSR count). The minimum absolute atomic E-state index is 0.186. The Morgan fingerprint density at radius 1 is 0.884 bits per heavy atom. The van der Waals surface area contributed by atoms with Crippen molar-refractivity contribution in [3.8, 4) is 17.2 Å². The highest BCUT2D eigenvalue weighted by atomic mass is 32.1. The number of nitrogens with zero attached hydrogens (tertiary/aromatic N) is 3. The third-order valence-corrected chi connectivity index (χ3v) is 8.16. The molecule has 1 fully saturated rings. The van der Waals surface area contributed by atoms with Crippen LogP contribution in [0.5, 0.6) is 11.5 Å². The van der Waals surface area contributed by atoms with Gasteiger partial charge in [-0.3, -0.25) is 4.98 Å². The second-order valence-corrected chi connectivity index (χ2v) is 10.9. The number of aryl methyl sites for hydroxylation is 2. The molecule has 3 heterocycles. The molecule has 0 spiro atoms. The van der Waals surface area contributed by atoms with Gasteiger partial charge in [0, 0.05) is 29.0 Å². The molecular weight excluding hydrogens is 556 g/mol. The largest absolute Gasteiger partial charge is 0.465 e. The van der Waals surface area contributed by atoms with E-state index in [1.54, 1.807) is 12.3 Å². The molecular formula is C35H32N4O3S. The Labute approximate surface area is 256 Å². The number of nitrogens with one attached hydrogen (secondary N) is 1. The molecule has 1 aliphatic heterocycles. The highest BCUT2D eigenvalue weighted by molar-refractivity contribution is 7.80. The summed E-state index contributed by atoms with van der Waals surface area (Å²) in [6.07, 6.45) is 1.80. The van der Waals surface area contributed by atoms with Crippen molar-refractivity contribution in [3.63, 3.8) is 0 Å². The number of benzene rings is 3. The first-order valence-electron chi connectivity index (χ1n) is 14.1. The quantitative estimate of drug-likeness (QED) is 0.155. The maximum absolute atomic E-state index is 12.3. The fourth-order valence-electron chi connectivity index (χ4n) is 5.80. The van der Waals surface area contributed by atoms with Gasteiger partial charge in [-0.2, -0.15) is 0 Å². The number of hydrogen-bond acceptors (Lipinski definition) is 5. The number of anilines is 1. The van der Waals surface area contributed by atoms with Crippen molar-refractivity contribution in [3.05, 3.63) is 137 Å². The molecule has 0 unspecified atom stereocenters. The highest BCUT2D eigenvalue weighted by Gasteiger charge is 2.42. The van der Waals surface area contributed by atoms with E-state index in [4.69, 9.17) is 26.7 Å². The number of aromatic nitrogens is 2. The number of methoxy groups -OCH3 is 1. The Balaban J connectivity index is 1.41. The van der Waals surface area contributed by atoms with Crippen LogP contribution in [0.25, 0.3) is 5.69 Å². The topological polar surface area (TPSA) is 68.6 Å². The molecule has 43 heavy (non-hydrogen) atoms. The molecule has 216 valence electrons. The summed E-state index contributed by atoms with van der Waals surface area (Å²) >= 11 is 5.96. The number of esters is 1. The number of carbonyl (C=O) groups is 1. The number of carbonyl (C=O) groups excluding carboxylic acids is 1. The van der Waals surface area contributed by atoms with Crippen molar-refractivity contribution in [2.45, 2.75) is 32.9 Å². The van der Waals surface area contributed by atoms with E-state index in [0.29, 0.717) is 10.7 Å². The zero-order chi connectivity index (χ0) is 30.1. The molecule has 5 aromatic rings. The zero-order valence-corrected chi connectivity index (χ0v) is 25.3. The van der Waals surface area contributed by atoms with Gasteiger partial charge < -0.3 is 24.3 Å². The van der Waals surface area contributed by atoms with Crippen LogP contribution < -0.4 is 15.0 Å². The first kappa shape index (κ1) is 28.2. The lowest BCUT2D eigenvalue weighted by Crippen LogP contribution is -2.29. The highest BCUT2D eigenvalue weighted by Crippen LogP contribution is 2.44. The Morgan fingerprint density at radius 2 is 1.65 bits per heavy atom. The van der Waals surface area contributed by atoms with Crippen LogP contribution in [0.1, 0.15) is 50.7 Å². The molecule has 1 aliphatic rings. The van der Waals surface area contributed by atoms with Gasteiger partial charge in [-0.1, -0.05) is 30.3 Å². The van der Waals surface area contributed by atoms with Crippen molar-refractivity contribution < 1.29 is 14.3 Å². The summed E-state index contributed by atoms with van der Waals surface area (Å²) in [6.45, 7) is 6.20. The maximum atomic E-state index is 12.3. The lowest BCUT2D eigenvalue weighted by atomic mass is 9.96. The average molecular weight is 589 g/mol. The summed E-state index contributed by atoms with van der Waals surface area (Å²) in [4.78, 5) is 19.1. The fraction of sp³-hybridized carbons (Fsp3) is 0.171. The van der Waals surface area contributed by atoms with Gasteiger partial charge in [-0.15, -0.1) is 0 Å². The summed E-state index contributed by atoms with van der Waals surface area (Å²) in [5.41, 5.74) is 7.47. The summed E-state index contributed by atoms with van der Waals surface area (Å²) < 4.78 is 13.3. The first-order valence-corrected chi connectivity index (χ1v) is 14.5. The summed E-state index contributed by atoms with van der Waals surface area (Å²) in [5.74, 6) is 1.20. The lowest BCUT2D eigenvalue weighted by molar-refractivity contribution is 0.0600. The van der Waals surface area contributed by atoms with Crippen molar-refractivity contribution in [2.24, 2.45) is 0 Å². The predicted octanol–water partition coefficient (Wildman–Crippen LogP) is 7.55. The minimum Gasteiger partial charge on any atom is -0.465 e. The van der Waals surface area contributed by atoms with Crippen molar-refractivity contribution in [1.82, 2.24) is 14.9 Å². The zero-order valence-electron chi connectivity index (χ0n) is 24.4. The third kappa shape index (κ3) is 5.37. The van der Waals surface area contributed by atoms with Gasteiger partial charge in [-0.05, 0) is 111 Å². The lowest BCUT2D eigenvalue weighted by Gasteiger charge is -2.28. The van der Waals surface area contributed by atoms with Crippen LogP contribution in [0.3, 0.4) is 0 Å². The van der Waals surface area contributed by atoms with Crippen LogP contribution in [0, 0.1) is 20.8 Å². The minimum atomic E-state index is -0.369. The van der Waals surface area contributed by atoms with Crippen LogP contribution in [0.15, 0.2) is 103 Å². The van der Waals surface area contributed by atoms with Gasteiger partial charge in [0.05, 0.1) is 30.5 Å². The second kappa shape index (κ2) is 11.7. The van der Waals surface area contributed by atoms with E-state index in [9.17, 15) is 4.79 Å². The Bertz CT molecular complexity index is 1800. The molecule has 0 aliphatic carbocycles. The van der Waals surface area contributed by atoms with E-state index in [0.717, 1.165) is 51.1 Å². The standard InChI is InChI=1S/C35H32N4O3S/c1-22-10-5-6-14-31(22)42-28-17-15-26(16-18-28)39-33(32(37-35(39)43)30-13-7-8-19-36-30)29-20-23(2)38(24(29)3)27-12-9-11-25(21-27)34(40)41-4/h5-21,32-33H,1-4H3,(H,37,43)/t32-,33+/m0/s1. The molecule has 0 bridgehead atoms. The molecule has 2 atom stereocenters. The van der Waals surface area contributed by atoms with Gasteiger partial charge in [-0.25, -0.2) is 4.79 Å². The van der Waals surface area contributed by atoms with Gasteiger partial charge >= 0.3 is 5.97 Å². The molecule has 2 aromatic heterocycles. The average Bonchev–Trinajstić information content (AvgIpc) is 3.53. The summed E-state index contributed by atoms with van der Waals surface area (Å²) in [6, 6.07) is 31.2. The number of thiocarbonyl (C=S) groups is 1. The van der Waals surface area contributed by atoms with Crippen LogP contribution in [-0.4, -0.2) is 27.7 Å². The molecule has 7 nitrogen and oxygen atoms in total. The molecule has 1 N–H and O–H groups in total. The fourth-order valence-corrected chi connectivity index (χ4v) is 6.14. The van der Waals surface area contributed by atoms with E-state index < -0.39 is 0 Å². The van der Waals surface area contributed by atoms with Crippen LogP contribution in [0.4, 0.5) is 5.69 Å². The number of hydrogen-bond donors (Lipinski definition) is 1. The molecule has 3 aromatic carbocycles. The number of ether oxygens (including phenoxy) is 2. The van der Waals surface area contributed by atoms with Gasteiger partial charge in [0.25, 0.3) is 0 Å². The van der Waals surface area contributed by atoms with Gasteiger partial charge in [0.1, 0.15) is 11.5 Å². The van der Waals surface area contributed by atoms with E-state index in [2.05, 4.69) is 34.7 Å². The van der Waals surface area contributed by atoms with Crippen molar-refractivity contribution >= 4 is 29.0 Å². The third-order valence-electron chi connectivity index (χ3n) is 7.85. The summed E-state index contributed by atoms with van der Waals surface area (Å²) in [7, 11) is 1.39. The van der Waals surface area contributed by atoms with Crippen molar-refractivity contribution in [1.29, 1.82) is 0 Å². The van der Waals surface area contributed by atoms with Gasteiger partial charge in [0.15, 0.2) is 5.11 Å². The normalized spacial score (nSPS) is 16.2. The molecule has 1 saturated heterocycles. The molecule has 0 radical (unpaired) electrons. The first-order chi connectivity index (χ1) is 20.9. The monoisotopic (exact) mass is 588 g/mol. The molecule has 0 amide bonds. The molecule has 0 saturated carbocycles. The number of para-hydroxylation sites is 1. The Hall–Kier alpha value is -4.95. The smallest absolute Gasteiger partial charge is 0.337 e. The van der Waals surface area contributed by atoms with Crippen LogP contribution >= 0.6 is 12.2 Å². The Morgan fingerprint density at radius 3 is 2.37 bits per heavy atom. The maximum Gasteiger partial charge on any atom is 0.337 e. The summed E-state index contributed by atoms with van der Waals surface area (Å²) in [5, 5.41) is 4.17. The number of pyridine rings is 1. The van der Waals surface area contributed by atoms with Crippen LogP contribution in [0.2, 0.25) is 0 Å². The predicted molar refractivity (Wildman–Crippen MR) is 172 cm³/mol. The van der Waals surface area contributed by atoms with Gasteiger partial charge in [0.2, 0.25) is 0 Å².